The second kappa shape index (κ2) is 5.80. The van der Waals surface area contributed by atoms with Crippen LogP contribution in [-0.4, -0.2) is 50.4 Å². The van der Waals surface area contributed by atoms with Gasteiger partial charge in [-0.3, -0.25) is 9.69 Å². The summed E-state index contributed by atoms with van der Waals surface area (Å²) in [6.07, 6.45) is 0.583. The van der Waals surface area contributed by atoms with Gasteiger partial charge in [0, 0.05) is 6.04 Å². The minimum atomic E-state index is -2.94. The zero-order chi connectivity index (χ0) is 14.8. The van der Waals surface area contributed by atoms with Gasteiger partial charge >= 0.3 is 0 Å². The third-order valence-electron chi connectivity index (χ3n) is 3.46. The van der Waals surface area contributed by atoms with Crippen LogP contribution in [0.3, 0.4) is 0 Å². The maximum absolute atomic E-state index is 11.9. The third-order valence-corrected chi connectivity index (χ3v) is 5.21. The Morgan fingerprint density at radius 3 is 2.75 bits per heavy atom. The highest BCUT2D eigenvalue weighted by molar-refractivity contribution is 7.91. The number of nitrogens with two attached hydrogens (primary N) is 1. The summed E-state index contributed by atoms with van der Waals surface area (Å²) in [7, 11) is -1.17. The summed E-state index contributed by atoms with van der Waals surface area (Å²) in [5.74, 6) is 0.133. The van der Waals surface area contributed by atoms with E-state index in [-0.39, 0.29) is 30.0 Å². The van der Waals surface area contributed by atoms with Crippen LogP contribution in [0.4, 0.5) is 11.4 Å². The summed E-state index contributed by atoms with van der Waals surface area (Å²) in [5.41, 5.74) is 6.83. The van der Waals surface area contributed by atoms with Gasteiger partial charge in [0.1, 0.15) is 0 Å². The van der Waals surface area contributed by atoms with E-state index in [9.17, 15) is 13.2 Å². The van der Waals surface area contributed by atoms with Gasteiger partial charge in [-0.05, 0) is 25.6 Å². The van der Waals surface area contributed by atoms with Crippen LogP contribution < -0.4 is 11.1 Å². The highest BCUT2D eigenvalue weighted by Gasteiger charge is 2.31. The van der Waals surface area contributed by atoms with Gasteiger partial charge in [-0.25, -0.2) is 8.42 Å². The molecule has 1 fully saturated rings. The predicted octanol–water partition coefficient (Wildman–Crippen LogP) is 0.326. The molecule has 0 spiro atoms. The molecule has 0 aliphatic carbocycles. The molecule has 0 radical (unpaired) electrons. The van der Waals surface area contributed by atoms with Crippen LogP contribution in [0.2, 0.25) is 0 Å². The molecule has 110 valence electrons. The number of para-hydroxylation sites is 2. The first-order valence-electron chi connectivity index (χ1n) is 6.42. The van der Waals surface area contributed by atoms with E-state index in [1.807, 2.05) is 0 Å². The molecule has 0 aromatic heterocycles. The zero-order valence-corrected chi connectivity index (χ0v) is 12.2. The molecule has 1 amide bonds. The number of nitrogens with zero attached hydrogens (tertiary/aromatic N) is 1. The number of likely N-dealkylation sites (N-methyl/N-ethyl adjacent to an activating group) is 1. The van der Waals surface area contributed by atoms with E-state index in [1.54, 1.807) is 36.2 Å². The van der Waals surface area contributed by atoms with Crippen molar-refractivity contribution in [3.8, 4) is 0 Å². The van der Waals surface area contributed by atoms with E-state index in [0.29, 0.717) is 17.8 Å². The Kier molecular flexibility index (Phi) is 4.29. The van der Waals surface area contributed by atoms with Crippen molar-refractivity contribution in [2.45, 2.75) is 12.5 Å². The minimum absolute atomic E-state index is 0.0844. The Hall–Kier alpha value is -1.60. The lowest BCUT2D eigenvalue weighted by atomic mass is 10.2. The summed E-state index contributed by atoms with van der Waals surface area (Å²) < 4.78 is 22.8. The van der Waals surface area contributed by atoms with Crippen LogP contribution >= 0.6 is 0 Å². The fourth-order valence-electron chi connectivity index (χ4n) is 2.28. The van der Waals surface area contributed by atoms with E-state index in [0.717, 1.165) is 0 Å². The molecule has 1 aromatic carbocycles. The fraction of sp³-hybridized carbons (Fsp3) is 0.462. The van der Waals surface area contributed by atoms with Crippen molar-refractivity contribution in [2.24, 2.45) is 0 Å². The number of amides is 1. The average Bonchev–Trinajstić information content (AvgIpc) is 2.73. The van der Waals surface area contributed by atoms with Crippen molar-refractivity contribution in [2.75, 3.05) is 36.1 Å². The standard InChI is InChI=1S/C13H19N3O3S/c1-16(10-6-7-20(18,19)9-10)8-13(17)15-12-5-3-2-4-11(12)14/h2-5,10H,6-9,14H2,1H3,(H,15,17). The fourth-order valence-corrected chi connectivity index (χ4v) is 4.08. The Morgan fingerprint density at radius 2 is 2.15 bits per heavy atom. The average molecular weight is 297 g/mol. The van der Waals surface area contributed by atoms with E-state index >= 15 is 0 Å². The van der Waals surface area contributed by atoms with Gasteiger partial charge in [0.2, 0.25) is 5.91 Å². The Bertz CT molecular complexity index is 601. The van der Waals surface area contributed by atoms with Crippen molar-refractivity contribution in [1.29, 1.82) is 0 Å². The topological polar surface area (TPSA) is 92.5 Å². The van der Waals surface area contributed by atoms with Crippen molar-refractivity contribution >= 4 is 27.1 Å². The van der Waals surface area contributed by atoms with Gasteiger partial charge in [0.05, 0.1) is 29.4 Å². The Labute approximate surface area is 118 Å². The molecule has 0 bridgehead atoms. The first kappa shape index (κ1) is 14.8. The normalized spacial score (nSPS) is 21.0. The molecule has 6 nitrogen and oxygen atoms in total. The highest BCUT2D eigenvalue weighted by atomic mass is 32.2. The highest BCUT2D eigenvalue weighted by Crippen LogP contribution is 2.18. The number of nitrogens with one attached hydrogen (secondary N) is 1. The molecule has 1 heterocycles. The second-order valence-electron chi connectivity index (χ2n) is 5.11. The van der Waals surface area contributed by atoms with Gasteiger partial charge in [-0.15, -0.1) is 0 Å². The smallest absolute Gasteiger partial charge is 0.238 e. The lowest BCUT2D eigenvalue weighted by molar-refractivity contribution is -0.117. The molecule has 0 saturated carbocycles. The van der Waals surface area contributed by atoms with Gasteiger partial charge in [0.25, 0.3) is 0 Å². The largest absolute Gasteiger partial charge is 0.397 e. The maximum atomic E-state index is 11.9. The maximum Gasteiger partial charge on any atom is 0.238 e. The summed E-state index contributed by atoms with van der Waals surface area (Å²) >= 11 is 0. The van der Waals surface area contributed by atoms with Crippen LogP contribution in [0.1, 0.15) is 6.42 Å². The van der Waals surface area contributed by atoms with Crippen LogP contribution in [0.15, 0.2) is 24.3 Å². The molecule has 1 aliphatic heterocycles. The number of hydrogen-bond donors (Lipinski definition) is 2. The Balaban J connectivity index is 1.90. The van der Waals surface area contributed by atoms with Gasteiger partial charge < -0.3 is 11.1 Å². The molecular weight excluding hydrogens is 278 g/mol. The number of carbonyl (C=O) groups is 1. The quantitative estimate of drug-likeness (QED) is 0.781. The number of nitrogen functional groups attached to an aromatic ring is 1. The van der Waals surface area contributed by atoms with Crippen molar-refractivity contribution in [3.63, 3.8) is 0 Å². The SMILES string of the molecule is CN(CC(=O)Nc1ccccc1N)C1CCS(=O)(=O)C1. The lowest BCUT2D eigenvalue weighted by Crippen LogP contribution is -2.38. The number of benzene rings is 1. The molecule has 7 heteroatoms. The molecule has 2 rings (SSSR count). The zero-order valence-electron chi connectivity index (χ0n) is 11.4. The van der Waals surface area contributed by atoms with E-state index in [2.05, 4.69) is 5.32 Å². The first-order chi connectivity index (χ1) is 9.37. The van der Waals surface area contributed by atoms with Crippen molar-refractivity contribution < 1.29 is 13.2 Å². The van der Waals surface area contributed by atoms with E-state index in [4.69, 9.17) is 5.73 Å². The first-order valence-corrected chi connectivity index (χ1v) is 8.24. The predicted molar refractivity (Wildman–Crippen MR) is 79.2 cm³/mol. The summed E-state index contributed by atoms with van der Waals surface area (Å²) in [5, 5.41) is 2.73. The number of sulfone groups is 1. The molecule has 1 atom stereocenters. The monoisotopic (exact) mass is 297 g/mol. The molecule has 20 heavy (non-hydrogen) atoms. The number of anilines is 2. The minimum Gasteiger partial charge on any atom is -0.397 e. The van der Waals surface area contributed by atoms with Gasteiger partial charge in [-0.2, -0.15) is 0 Å². The number of rotatable bonds is 4. The molecule has 1 aromatic rings. The van der Waals surface area contributed by atoms with Crippen molar-refractivity contribution in [3.05, 3.63) is 24.3 Å². The molecule has 1 aliphatic rings. The Morgan fingerprint density at radius 1 is 1.45 bits per heavy atom. The summed E-state index contributed by atoms with van der Waals surface area (Å²) in [4.78, 5) is 13.7. The molecule has 1 saturated heterocycles. The summed E-state index contributed by atoms with van der Waals surface area (Å²) in [6, 6.07) is 6.94. The van der Waals surface area contributed by atoms with Crippen LogP contribution in [-0.2, 0) is 14.6 Å². The van der Waals surface area contributed by atoms with Crippen LogP contribution in [0, 0.1) is 0 Å². The van der Waals surface area contributed by atoms with E-state index < -0.39 is 9.84 Å². The third kappa shape index (κ3) is 3.71. The number of carbonyl (C=O) groups excluding carboxylic acids is 1. The van der Waals surface area contributed by atoms with Crippen LogP contribution in [0.25, 0.3) is 0 Å². The molecular formula is C13H19N3O3S. The van der Waals surface area contributed by atoms with Gasteiger partial charge in [0.15, 0.2) is 9.84 Å². The van der Waals surface area contributed by atoms with Gasteiger partial charge in [-0.1, -0.05) is 12.1 Å². The second-order valence-corrected chi connectivity index (χ2v) is 7.34. The molecule has 3 N–H and O–H groups in total. The summed E-state index contributed by atoms with van der Waals surface area (Å²) in [6.45, 7) is 0.147. The molecule has 1 unspecified atom stereocenters. The van der Waals surface area contributed by atoms with Crippen molar-refractivity contribution in [1.82, 2.24) is 4.90 Å². The van der Waals surface area contributed by atoms with Crippen LogP contribution in [0.5, 0.6) is 0 Å². The lowest BCUT2D eigenvalue weighted by Gasteiger charge is -2.22. The van der Waals surface area contributed by atoms with E-state index in [1.165, 1.54) is 0 Å². The number of hydrogen-bond acceptors (Lipinski definition) is 5.